The molecule has 0 aliphatic carbocycles. The van der Waals surface area contributed by atoms with Crippen molar-refractivity contribution in [1.29, 1.82) is 0 Å². The van der Waals surface area contributed by atoms with Gasteiger partial charge in [0.15, 0.2) is 11.5 Å². The Hall–Kier alpha value is -2.83. The summed E-state index contributed by atoms with van der Waals surface area (Å²) < 4.78 is 20.9. The van der Waals surface area contributed by atoms with E-state index in [1.165, 1.54) is 34.0 Å². The van der Waals surface area contributed by atoms with Gasteiger partial charge in [0.05, 0.1) is 13.0 Å². The van der Waals surface area contributed by atoms with Crippen molar-refractivity contribution >= 4 is 17.9 Å². The van der Waals surface area contributed by atoms with E-state index in [0.29, 0.717) is 11.3 Å². The van der Waals surface area contributed by atoms with E-state index in [0.717, 1.165) is 0 Å². The van der Waals surface area contributed by atoms with Crippen LogP contribution in [-0.4, -0.2) is 30.6 Å². The molecule has 0 aromatic heterocycles. The lowest BCUT2D eigenvalue weighted by atomic mass is 10.1. The molecule has 0 N–H and O–H groups in total. The Labute approximate surface area is 159 Å². The minimum atomic E-state index is -1.44. The molecular weight excluding hydrogens is 352 g/mol. The molecular formula is C20H26O7. The molecule has 1 aromatic rings. The normalized spacial score (nSPS) is 12.1. The zero-order valence-electron chi connectivity index (χ0n) is 16.5. The SMILES string of the molecule is C=C[C@H](OC(=O)C(C)(C)OC(C)=O)c1ccc(OC(=O)C(C)C)c(OC)c1. The molecule has 0 aliphatic heterocycles. The van der Waals surface area contributed by atoms with Crippen molar-refractivity contribution in [3.8, 4) is 11.5 Å². The van der Waals surface area contributed by atoms with Crippen LogP contribution in [0.15, 0.2) is 30.9 Å². The van der Waals surface area contributed by atoms with Gasteiger partial charge in [-0.05, 0) is 32.1 Å². The summed E-state index contributed by atoms with van der Waals surface area (Å²) in [5.74, 6) is -1.43. The molecule has 7 nitrogen and oxygen atoms in total. The Morgan fingerprint density at radius 3 is 2.26 bits per heavy atom. The maximum Gasteiger partial charge on any atom is 0.350 e. The van der Waals surface area contributed by atoms with Gasteiger partial charge in [-0.1, -0.05) is 26.5 Å². The number of esters is 3. The highest BCUT2D eigenvalue weighted by Gasteiger charge is 2.34. The molecule has 1 rings (SSSR count). The summed E-state index contributed by atoms with van der Waals surface area (Å²) in [6.07, 6.45) is 0.618. The van der Waals surface area contributed by atoms with E-state index in [2.05, 4.69) is 6.58 Å². The predicted octanol–water partition coefficient (Wildman–Crippen LogP) is 3.37. The number of carbonyl (C=O) groups is 3. The first kappa shape index (κ1) is 22.2. The maximum atomic E-state index is 12.3. The summed E-state index contributed by atoms with van der Waals surface area (Å²) >= 11 is 0. The number of methoxy groups -OCH3 is 1. The monoisotopic (exact) mass is 378 g/mol. The van der Waals surface area contributed by atoms with Gasteiger partial charge in [-0.2, -0.15) is 0 Å². The van der Waals surface area contributed by atoms with E-state index < -0.39 is 29.6 Å². The van der Waals surface area contributed by atoms with Crippen LogP contribution in [0.1, 0.15) is 46.3 Å². The van der Waals surface area contributed by atoms with Crippen LogP contribution in [0.5, 0.6) is 11.5 Å². The molecule has 27 heavy (non-hydrogen) atoms. The number of hydrogen-bond donors (Lipinski definition) is 0. The summed E-state index contributed by atoms with van der Waals surface area (Å²) in [7, 11) is 1.44. The highest BCUT2D eigenvalue weighted by atomic mass is 16.6. The fourth-order valence-electron chi connectivity index (χ4n) is 2.08. The zero-order chi connectivity index (χ0) is 20.8. The predicted molar refractivity (Wildman–Crippen MR) is 98.3 cm³/mol. The Balaban J connectivity index is 3.05. The fourth-order valence-corrected chi connectivity index (χ4v) is 2.08. The number of rotatable bonds is 8. The summed E-state index contributed by atoms with van der Waals surface area (Å²) in [6.45, 7) is 11.2. The summed E-state index contributed by atoms with van der Waals surface area (Å²) in [5, 5.41) is 0. The van der Waals surface area contributed by atoms with Crippen molar-refractivity contribution < 1.29 is 33.3 Å². The van der Waals surface area contributed by atoms with Gasteiger partial charge < -0.3 is 18.9 Å². The van der Waals surface area contributed by atoms with Gasteiger partial charge in [0, 0.05) is 12.5 Å². The Bertz CT molecular complexity index is 719. The third-order valence-corrected chi connectivity index (χ3v) is 3.54. The lowest BCUT2D eigenvalue weighted by molar-refractivity contribution is -0.179. The standard InChI is InChI=1S/C20H26O7/c1-8-15(26-19(23)20(5,6)27-13(4)21)14-9-10-16(17(11-14)24-7)25-18(22)12(2)3/h8-12,15H,1H2,2-7H3/t15-/m0/s1. The molecule has 148 valence electrons. The smallest absolute Gasteiger partial charge is 0.350 e. The molecule has 0 radical (unpaired) electrons. The topological polar surface area (TPSA) is 88.1 Å². The van der Waals surface area contributed by atoms with Crippen molar-refractivity contribution in [1.82, 2.24) is 0 Å². The molecule has 0 amide bonds. The maximum absolute atomic E-state index is 12.3. The van der Waals surface area contributed by atoms with E-state index in [-0.39, 0.29) is 11.7 Å². The van der Waals surface area contributed by atoms with Gasteiger partial charge in [0.1, 0.15) is 6.10 Å². The van der Waals surface area contributed by atoms with Crippen molar-refractivity contribution in [2.75, 3.05) is 7.11 Å². The lowest BCUT2D eigenvalue weighted by Gasteiger charge is -2.25. The third-order valence-electron chi connectivity index (χ3n) is 3.54. The number of carbonyl (C=O) groups excluding carboxylic acids is 3. The molecule has 0 fully saturated rings. The lowest BCUT2D eigenvalue weighted by Crippen LogP contribution is -2.38. The molecule has 0 saturated carbocycles. The average Bonchev–Trinajstić information content (AvgIpc) is 2.58. The van der Waals surface area contributed by atoms with Crippen LogP contribution in [0.2, 0.25) is 0 Å². The van der Waals surface area contributed by atoms with Gasteiger partial charge in [-0.15, -0.1) is 0 Å². The molecule has 0 bridgehead atoms. The average molecular weight is 378 g/mol. The van der Waals surface area contributed by atoms with Crippen molar-refractivity contribution in [3.63, 3.8) is 0 Å². The first-order valence-corrected chi connectivity index (χ1v) is 8.44. The third kappa shape index (κ3) is 6.13. The van der Waals surface area contributed by atoms with Gasteiger partial charge in [-0.25, -0.2) is 4.79 Å². The minimum absolute atomic E-state index is 0.259. The van der Waals surface area contributed by atoms with Gasteiger partial charge in [0.2, 0.25) is 5.60 Å². The van der Waals surface area contributed by atoms with Crippen LogP contribution < -0.4 is 9.47 Å². The Morgan fingerprint density at radius 2 is 1.78 bits per heavy atom. The van der Waals surface area contributed by atoms with E-state index in [1.54, 1.807) is 32.0 Å². The Morgan fingerprint density at radius 1 is 1.15 bits per heavy atom. The molecule has 0 aliphatic rings. The number of ether oxygens (including phenoxy) is 4. The fraction of sp³-hybridized carbons (Fsp3) is 0.450. The molecule has 0 spiro atoms. The second-order valence-electron chi connectivity index (χ2n) is 6.65. The van der Waals surface area contributed by atoms with Crippen LogP contribution in [0.3, 0.4) is 0 Å². The molecule has 7 heteroatoms. The molecule has 0 unspecified atom stereocenters. The van der Waals surface area contributed by atoms with E-state index in [9.17, 15) is 14.4 Å². The summed E-state index contributed by atoms with van der Waals surface area (Å²) in [6, 6.07) is 4.77. The first-order chi connectivity index (χ1) is 12.5. The highest BCUT2D eigenvalue weighted by molar-refractivity contribution is 5.82. The largest absolute Gasteiger partial charge is 0.493 e. The molecule has 1 atom stereocenters. The van der Waals surface area contributed by atoms with Gasteiger partial charge >= 0.3 is 17.9 Å². The van der Waals surface area contributed by atoms with Gasteiger partial charge in [0.25, 0.3) is 0 Å². The van der Waals surface area contributed by atoms with Crippen LogP contribution in [0, 0.1) is 5.92 Å². The molecule has 0 saturated heterocycles. The zero-order valence-corrected chi connectivity index (χ0v) is 16.5. The van der Waals surface area contributed by atoms with Crippen LogP contribution in [0.25, 0.3) is 0 Å². The summed E-state index contributed by atoms with van der Waals surface area (Å²) in [5.41, 5.74) is -0.887. The minimum Gasteiger partial charge on any atom is -0.493 e. The van der Waals surface area contributed by atoms with Crippen LogP contribution in [0.4, 0.5) is 0 Å². The van der Waals surface area contributed by atoms with Crippen molar-refractivity contribution in [2.45, 2.75) is 46.3 Å². The molecule has 1 aromatic carbocycles. The van der Waals surface area contributed by atoms with Gasteiger partial charge in [-0.3, -0.25) is 9.59 Å². The van der Waals surface area contributed by atoms with E-state index in [4.69, 9.17) is 18.9 Å². The molecule has 0 heterocycles. The van der Waals surface area contributed by atoms with Crippen LogP contribution in [-0.2, 0) is 23.9 Å². The second kappa shape index (κ2) is 9.21. The van der Waals surface area contributed by atoms with E-state index >= 15 is 0 Å². The quantitative estimate of drug-likeness (QED) is 0.389. The first-order valence-electron chi connectivity index (χ1n) is 8.44. The van der Waals surface area contributed by atoms with Crippen molar-refractivity contribution in [2.24, 2.45) is 5.92 Å². The number of hydrogen-bond acceptors (Lipinski definition) is 7. The van der Waals surface area contributed by atoms with Crippen molar-refractivity contribution in [3.05, 3.63) is 36.4 Å². The second-order valence-corrected chi connectivity index (χ2v) is 6.65. The highest BCUT2D eigenvalue weighted by Crippen LogP contribution is 2.33. The Kier molecular flexibility index (Phi) is 7.57. The van der Waals surface area contributed by atoms with E-state index in [1.807, 2.05) is 0 Å². The summed E-state index contributed by atoms with van der Waals surface area (Å²) in [4.78, 5) is 35.3. The van der Waals surface area contributed by atoms with Crippen LogP contribution >= 0.6 is 0 Å². The number of benzene rings is 1.